The fourth-order valence-corrected chi connectivity index (χ4v) is 9.48. The first-order valence-corrected chi connectivity index (χ1v) is 22.1. The summed E-state index contributed by atoms with van der Waals surface area (Å²) in [5, 5.41) is 13.0. The van der Waals surface area contributed by atoms with E-state index in [-0.39, 0.29) is 0 Å². The van der Waals surface area contributed by atoms with Crippen LogP contribution < -0.4 is 0 Å². The van der Waals surface area contributed by atoms with Crippen molar-refractivity contribution in [3.63, 3.8) is 0 Å². The molecule has 0 amide bonds. The number of benzene rings is 10. The molecular weight excluding hydrogens is 801 g/mol. The van der Waals surface area contributed by atoms with Crippen LogP contribution in [0.2, 0.25) is 0 Å². The van der Waals surface area contributed by atoms with Crippen LogP contribution in [0.3, 0.4) is 0 Å². The molecule has 1 aliphatic carbocycles. The minimum absolute atomic E-state index is 0.608. The SMILES string of the molecule is N#Cc1ccc(-c2cccc(-c3ccc(-c4nc(-c5ccccc5)nc(-c5cccc(-c6ccccc6)c5)n4)cc3)c2)cc1-c1ccccc1-c1ccc2c(c1)-c1cccc3cccc-2c13. The van der Waals surface area contributed by atoms with Gasteiger partial charge in [-0.15, -0.1) is 0 Å². The highest BCUT2D eigenvalue weighted by molar-refractivity contribution is 6.15. The van der Waals surface area contributed by atoms with Gasteiger partial charge in [0.1, 0.15) is 0 Å². The number of nitrogens with zero attached hydrogens (tertiary/aromatic N) is 4. The van der Waals surface area contributed by atoms with E-state index in [1.807, 2.05) is 42.5 Å². The molecule has 0 radical (unpaired) electrons. The van der Waals surface area contributed by atoms with Crippen LogP contribution in [-0.4, -0.2) is 15.0 Å². The first kappa shape index (κ1) is 38.6. The topological polar surface area (TPSA) is 62.5 Å². The molecule has 0 spiro atoms. The molecule has 12 rings (SSSR count). The predicted octanol–water partition coefficient (Wildman–Crippen LogP) is 15.9. The zero-order chi connectivity index (χ0) is 44.0. The quantitative estimate of drug-likeness (QED) is 0.153. The Kier molecular flexibility index (Phi) is 9.51. The molecule has 10 aromatic carbocycles. The molecule has 0 fully saturated rings. The zero-order valence-corrected chi connectivity index (χ0v) is 35.7. The zero-order valence-electron chi connectivity index (χ0n) is 35.7. The second kappa shape index (κ2) is 16.3. The molecule has 1 heterocycles. The van der Waals surface area contributed by atoms with E-state index in [4.69, 9.17) is 15.0 Å². The Morgan fingerprint density at radius 2 is 0.667 bits per heavy atom. The lowest BCUT2D eigenvalue weighted by molar-refractivity contribution is 1.07. The molecule has 0 unspecified atom stereocenters. The highest BCUT2D eigenvalue weighted by Gasteiger charge is 2.23. The predicted molar refractivity (Wildman–Crippen MR) is 270 cm³/mol. The van der Waals surface area contributed by atoms with Crippen molar-refractivity contribution in [2.24, 2.45) is 0 Å². The highest BCUT2D eigenvalue weighted by atomic mass is 15.0. The van der Waals surface area contributed by atoms with Crippen LogP contribution in [0, 0.1) is 11.3 Å². The van der Waals surface area contributed by atoms with Gasteiger partial charge < -0.3 is 0 Å². The second-order valence-corrected chi connectivity index (χ2v) is 16.7. The van der Waals surface area contributed by atoms with Gasteiger partial charge in [-0.25, -0.2) is 15.0 Å². The van der Waals surface area contributed by atoms with Crippen LogP contribution in [0.5, 0.6) is 0 Å². The van der Waals surface area contributed by atoms with Gasteiger partial charge in [-0.2, -0.15) is 5.26 Å². The molecule has 4 heteroatoms. The second-order valence-electron chi connectivity index (χ2n) is 16.7. The lowest BCUT2D eigenvalue weighted by Crippen LogP contribution is -2.00. The first-order chi connectivity index (χ1) is 32.6. The van der Waals surface area contributed by atoms with Crippen molar-refractivity contribution in [1.82, 2.24) is 15.0 Å². The number of hydrogen-bond acceptors (Lipinski definition) is 4. The van der Waals surface area contributed by atoms with E-state index < -0.39 is 0 Å². The summed E-state index contributed by atoms with van der Waals surface area (Å²) in [5.74, 6) is 1.85. The molecular formula is C62H38N4. The highest BCUT2D eigenvalue weighted by Crippen LogP contribution is 2.49. The fourth-order valence-electron chi connectivity index (χ4n) is 9.48. The molecule has 0 N–H and O–H groups in total. The van der Waals surface area contributed by atoms with E-state index in [0.717, 1.165) is 72.3 Å². The lowest BCUT2D eigenvalue weighted by atomic mass is 9.88. The van der Waals surface area contributed by atoms with Gasteiger partial charge in [0.25, 0.3) is 0 Å². The summed E-state index contributed by atoms with van der Waals surface area (Å²) in [5.41, 5.74) is 19.1. The number of hydrogen-bond donors (Lipinski definition) is 0. The number of nitriles is 1. The summed E-state index contributed by atoms with van der Waals surface area (Å²) in [4.78, 5) is 15.0. The van der Waals surface area contributed by atoms with E-state index in [1.165, 1.54) is 33.0 Å². The molecule has 66 heavy (non-hydrogen) atoms. The molecule has 4 nitrogen and oxygen atoms in total. The van der Waals surface area contributed by atoms with Gasteiger partial charge in [0.05, 0.1) is 11.6 Å². The largest absolute Gasteiger partial charge is 0.208 e. The third kappa shape index (κ3) is 6.93. The normalized spacial score (nSPS) is 11.3. The van der Waals surface area contributed by atoms with Crippen LogP contribution in [0.15, 0.2) is 231 Å². The van der Waals surface area contributed by atoms with Crippen molar-refractivity contribution >= 4 is 10.8 Å². The minimum atomic E-state index is 0.608. The summed E-state index contributed by atoms with van der Waals surface area (Å²) in [7, 11) is 0. The Hall–Kier alpha value is -9.04. The Labute approximate surface area is 383 Å². The first-order valence-electron chi connectivity index (χ1n) is 22.1. The summed E-state index contributed by atoms with van der Waals surface area (Å²) in [6.07, 6.45) is 0. The van der Waals surface area contributed by atoms with E-state index in [0.29, 0.717) is 23.0 Å². The third-order valence-electron chi connectivity index (χ3n) is 12.7. The molecule has 0 saturated carbocycles. The van der Waals surface area contributed by atoms with Crippen molar-refractivity contribution in [1.29, 1.82) is 5.26 Å². The molecule has 0 bridgehead atoms. The smallest absolute Gasteiger partial charge is 0.164 e. The van der Waals surface area contributed by atoms with Crippen molar-refractivity contribution in [3.05, 3.63) is 236 Å². The maximum atomic E-state index is 10.5. The summed E-state index contributed by atoms with van der Waals surface area (Å²) >= 11 is 0. The van der Waals surface area contributed by atoms with Gasteiger partial charge in [-0.1, -0.05) is 200 Å². The van der Waals surface area contributed by atoms with Crippen LogP contribution in [0.25, 0.3) is 123 Å². The minimum Gasteiger partial charge on any atom is -0.208 e. The van der Waals surface area contributed by atoms with Gasteiger partial charge in [-0.05, 0) is 113 Å². The van der Waals surface area contributed by atoms with Crippen molar-refractivity contribution in [2.75, 3.05) is 0 Å². The van der Waals surface area contributed by atoms with Gasteiger partial charge in [0.2, 0.25) is 0 Å². The Morgan fingerprint density at radius 3 is 1.35 bits per heavy atom. The summed E-state index contributed by atoms with van der Waals surface area (Å²) in [6.45, 7) is 0. The van der Waals surface area contributed by atoms with E-state index in [9.17, 15) is 5.26 Å². The van der Waals surface area contributed by atoms with Crippen molar-refractivity contribution < 1.29 is 0 Å². The van der Waals surface area contributed by atoms with Gasteiger partial charge in [-0.3, -0.25) is 0 Å². The molecule has 0 aliphatic heterocycles. The monoisotopic (exact) mass is 838 g/mol. The van der Waals surface area contributed by atoms with Crippen molar-refractivity contribution in [3.8, 4) is 118 Å². The maximum absolute atomic E-state index is 10.5. The molecule has 0 atom stereocenters. The molecule has 1 aliphatic rings. The summed E-state index contributed by atoms with van der Waals surface area (Å²) in [6, 6.07) is 82.9. The van der Waals surface area contributed by atoms with Gasteiger partial charge in [0.15, 0.2) is 17.5 Å². The van der Waals surface area contributed by atoms with Crippen molar-refractivity contribution in [2.45, 2.75) is 0 Å². The number of aromatic nitrogens is 3. The van der Waals surface area contributed by atoms with E-state index in [2.05, 4.69) is 194 Å². The van der Waals surface area contributed by atoms with Gasteiger partial charge in [0, 0.05) is 22.3 Å². The number of fused-ring (bicyclic) bond motifs is 3. The maximum Gasteiger partial charge on any atom is 0.164 e. The van der Waals surface area contributed by atoms with Crippen LogP contribution in [0.1, 0.15) is 5.56 Å². The van der Waals surface area contributed by atoms with Gasteiger partial charge >= 0.3 is 0 Å². The lowest BCUT2D eigenvalue weighted by Gasteiger charge is -2.15. The Balaban J connectivity index is 0.874. The standard InChI is InChI=1S/C62H38N4/c63-39-51-32-31-48(37-57(51)53-24-8-7-23-52(53)49-33-34-54-55-25-11-17-42-18-12-26-56(59(42)55)58(54)38-49)47-21-9-19-45(35-47)41-27-29-44(30-28-41)61-64-60(43-15-5-2-6-16-43)65-62(66-61)50-22-10-20-46(36-50)40-13-3-1-4-14-40/h1-38H. The molecule has 11 aromatic rings. The average molecular weight is 839 g/mol. The Bertz CT molecular complexity index is 3690. The van der Waals surface area contributed by atoms with Crippen LogP contribution >= 0.6 is 0 Å². The number of rotatable bonds is 8. The van der Waals surface area contributed by atoms with Crippen LogP contribution in [0.4, 0.5) is 0 Å². The van der Waals surface area contributed by atoms with E-state index >= 15 is 0 Å². The van der Waals surface area contributed by atoms with E-state index in [1.54, 1.807) is 0 Å². The molecule has 306 valence electrons. The summed E-state index contributed by atoms with van der Waals surface area (Å²) < 4.78 is 0. The Morgan fingerprint density at radius 1 is 0.258 bits per heavy atom. The molecule has 1 aromatic heterocycles. The molecule has 0 saturated heterocycles. The third-order valence-corrected chi connectivity index (χ3v) is 12.7. The van der Waals surface area contributed by atoms with Crippen LogP contribution in [-0.2, 0) is 0 Å². The fraction of sp³-hybridized carbons (Fsp3) is 0. The average Bonchev–Trinajstić information content (AvgIpc) is 3.73.